The van der Waals surface area contributed by atoms with Gasteiger partial charge in [0.1, 0.15) is 0 Å². The van der Waals surface area contributed by atoms with Crippen molar-refractivity contribution in [2.45, 2.75) is 0 Å². The quantitative estimate of drug-likeness (QED) is 0.470. The van der Waals surface area contributed by atoms with Gasteiger partial charge >= 0.3 is 126 Å². The van der Waals surface area contributed by atoms with Crippen molar-refractivity contribution in [2.75, 3.05) is 0 Å². The maximum absolute atomic E-state index is 3.24. The van der Waals surface area contributed by atoms with Gasteiger partial charge in [-0.1, -0.05) is 0 Å². The second-order valence-corrected chi connectivity index (χ2v) is 16.1. The fourth-order valence-electron chi connectivity index (χ4n) is 2.22. The van der Waals surface area contributed by atoms with Gasteiger partial charge in [0.2, 0.25) is 0 Å². The van der Waals surface area contributed by atoms with Crippen LogP contribution in [-0.4, -0.2) is 0 Å². The van der Waals surface area contributed by atoms with Gasteiger partial charge in [-0.15, -0.1) is 0 Å². The van der Waals surface area contributed by atoms with Crippen molar-refractivity contribution in [3.63, 3.8) is 0 Å². The molecule has 0 spiro atoms. The Bertz CT molecular complexity index is 569. The summed E-state index contributed by atoms with van der Waals surface area (Å²) in [6.45, 7) is 3.24. The summed E-state index contributed by atoms with van der Waals surface area (Å²) >= 11 is -2.48. The molecule has 0 aliphatic rings. The fraction of sp³-hybridized carbons (Fsp3) is 0. The molecule has 0 fully saturated rings. The topological polar surface area (TPSA) is 0 Å². The molecule has 2 heteroatoms. The summed E-state index contributed by atoms with van der Waals surface area (Å²) in [4.78, 5) is 0. The van der Waals surface area contributed by atoms with Gasteiger partial charge < -0.3 is 0 Å². The van der Waals surface area contributed by atoms with Crippen LogP contribution in [0.2, 0.25) is 0 Å². The molecule has 0 amide bonds. The normalized spacial score (nSPS) is 12.1. The Labute approximate surface area is 126 Å². The molecule has 0 aliphatic heterocycles. The molecule has 3 aromatic carbocycles. The first kappa shape index (κ1) is 13.8. The molecule has 0 aliphatic carbocycles. The molecule has 0 saturated carbocycles. The van der Waals surface area contributed by atoms with E-state index in [0.717, 1.165) is 0 Å². The van der Waals surface area contributed by atoms with Gasteiger partial charge in [0.15, 0.2) is 0 Å². The molecule has 20 heavy (non-hydrogen) atoms. The van der Waals surface area contributed by atoms with E-state index >= 15 is 0 Å². The van der Waals surface area contributed by atoms with Crippen molar-refractivity contribution in [2.24, 2.45) is 0 Å². The van der Waals surface area contributed by atoms with E-state index in [4.69, 9.17) is 0 Å². The second-order valence-electron chi connectivity index (χ2n) is 4.50. The zero-order valence-corrected chi connectivity index (χ0v) is 14.4. The molecule has 1 atom stereocenters. The standard InChI is InChI=1S/C18H17IP/c20-19(16-10-4-1-5-11-16,17-12-6-2-7-13-17)18-14-8-3-9-15-18/h1-15H,20H2/q-1. The van der Waals surface area contributed by atoms with Gasteiger partial charge in [0.25, 0.3) is 0 Å². The third-order valence-corrected chi connectivity index (χ3v) is 16.4. The SMILES string of the molecule is P[I-](c1ccccc1)(c1ccccc1)c1ccccc1. The van der Waals surface area contributed by atoms with Crippen LogP contribution in [0.15, 0.2) is 91.0 Å². The number of hydrogen-bond acceptors (Lipinski definition) is 0. The average Bonchev–Trinajstić information content (AvgIpc) is 2.56. The molecule has 102 valence electrons. The summed E-state index contributed by atoms with van der Waals surface area (Å²) in [6, 6.07) is 32.7. The molecular weight excluding hydrogens is 374 g/mol. The van der Waals surface area contributed by atoms with Crippen molar-refractivity contribution in [1.82, 2.24) is 0 Å². The van der Waals surface area contributed by atoms with Crippen LogP contribution >= 0.6 is 6.88 Å². The molecule has 1 unspecified atom stereocenters. The summed E-state index contributed by atoms with van der Waals surface area (Å²) in [5.41, 5.74) is 0. The monoisotopic (exact) mass is 391 g/mol. The molecule has 0 radical (unpaired) electrons. The van der Waals surface area contributed by atoms with E-state index in [9.17, 15) is 0 Å². The van der Waals surface area contributed by atoms with Gasteiger partial charge in [0, 0.05) is 0 Å². The molecule has 0 saturated heterocycles. The van der Waals surface area contributed by atoms with Crippen molar-refractivity contribution >= 4 is 6.88 Å². The van der Waals surface area contributed by atoms with Crippen LogP contribution in [0.5, 0.6) is 0 Å². The van der Waals surface area contributed by atoms with E-state index in [1.807, 2.05) is 0 Å². The number of rotatable bonds is 3. The van der Waals surface area contributed by atoms with Crippen molar-refractivity contribution in [1.29, 1.82) is 0 Å². The summed E-state index contributed by atoms with van der Waals surface area (Å²) in [5, 5.41) is 0. The van der Waals surface area contributed by atoms with Gasteiger partial charge in [-0.3, -0.25) is 0 Å². The Balaban J connectivity index is 2.24. The van der Waals surface area contributed by atoms with Gasteiger partial charge in [-0.2, -0.15) is 0 Å². The first-order valence-electron chi connectivity index (χ1n) is 6.52. The average molecular weight is 391 g/mol. The summed E-state index contributed by atoms with van der Waals surface area (Å²) in [5.74, 6) is 0. The Morgan fingerprint density at radius 1 is 0.450 bits per heavy atom. The molecule has 0 aromatic heterocycles. The van der Waals surface area contributed by atoms with Gasteiger partial charge in [-0.05, 0) is 0 Å². The van der Waals surface area contributed by atoms with Crippen LogP contribution < -0.4 is 17.9 Å². The van der Waals surface area contributed by atoms with Crippen molar-refractivity contribution in [3.8, 4) is 0 Å². The van der Waals surface area contributed by atoms with Crippen LogP contribution in [0.25, 0.3) is 0 Å². The van der Waals surface area contributed by atoms with E-state index in [2.05, 4.69) is 97.9 Å². The number of hydrogen-bond donors (Lipinski definition) is 0. The first-order valence-corrected chi connectivity index (χ1v) is 13.9. The van der Waals surface area contributed by atoms with Crippen molar-refractivity contribution in [3.05, 3.63) is 102 Å². The minimum atomic E-state index is -2.48. The second kappa shape index (κ2) is 6.07. The van der Waals surface area contributed by atoms with E-state index in [-0.39, 0.29) is 0 Å². The maximum atomic E-state index is 3.24. The number of benzene rings is 3. The molecule has 3 aromatic rings. The summed E-state index contributed by atoms with van der Waals surface area (Å²) in [7, 11) is 0. The van der Waals surface area contributed by atoms with Crippen LogP contribution in [0.4, 0.5) is 0 Å². The zero-order valence-electron chi connectivity index (χ0n) is 11.1. The minimum absolute atomic E-state index is 1.46. The Morgan fingerprint density at radius 2 is 0.700 bits per heavy atom. The van der Waals surface area contributed by atoms with Crippen LogP contribution in [0, 0.1) is 10.7 Å². The Morgan fingerprint density at radius 3 is 0.950 bits per heavy atom. The fourth-order valence-corrected chi connectivity index (χ4v) is 12.0. The number of halogens is 1. The third-order valence-electron chi connectivity index (χ3n) is 3.23. The van der Waals surface area contributed by atoms with Crippen LogP contribution in [0.3, 0.4) is 0 Å². The van der Waals surface area contributed by atoms with Gasteiger partial charge in [0.05, 0.1) is 0 Å². The molecule has 3 rings (SSSR count). The molecule has 0 heterocycles. The zero-order chi connectivity index (χ0) is 13.8. The molecular formula is C18H17IP-. The van der Waals surface area contributed by atoms with Gasteiger partial charge in [-0.25, -0.2) is 0 Å². The Hall–Kier alpha value is -1.18. The van der Waals surface area contributed by atoms with Crippen LogP contribution in [-0.2, 0) is 0 Å². The van der Waals surface area contributed by atoms with Crippen LogP contribution in [0.1, 0.15) is 0 Å². The first-order chi connectivity index (χ1) is 9.82. The predicted molar refractivity (Wildman–Crippen MR) is 85.1 cm³/mol. The summed E-state index contributed by atoms with van der Waals surface area (Å²) < 4.78 is 4.38. The predicted octanol–water partition coefficient (Wildman–Crippen LogP) is 1.55. The molecule has 0 bridgehead atoms. The van der Waals surface area contributed by atoms with Crippen molar-refractivity contribution < 1.29 is 17.9 Å². The Kier molecular flexibility index (Phi) is 4.18. The van der Waals surface area contributed by atoms with E-state index in [1.165, 1.54) is 10.7 Å². The molecule has 0 nitrogen and oxygen atoms in total. The van der Waals surface area contributed by atoms with E-state index in [1.54, 1.807) is 0 Å². The summed E-state index contributed by atoms with van der Waals surface area (Å²) in [6.07, 6.45) is 0. The van der Waals surface area contributed by atoms with E-state index < -0.39 is 17.9 Å². The molecule has 0 N–H and O–H groups in total. The third kappa shape index (κ3) is 2.53. The van der Waals surface area contributed by atoms with E-state index in [0.29, 0.717) is 0 Å².